The fourth-order valence-electron chi connectivity index (χ4n) is 3.95. The summed E-state index contributed by atoms with van der Waals surface area (Å²) in [5, 5.41) is 2.51. The Hall–Kier alpha value is -3.14. The number of nitrogens with two attached hydrogens (primary N) is 1. The molecule has 1 amide bonds. The first-order chi connectivity index (χ1) is 15.7. The number of hydrogen-bond donors (Lipinski definition) is 2. The molecule has 164 valence electrons. The Morgan fingerprint density at radius 1 is 1.32 bits per heavy atom. The largest absolute Gasteiger partial charge is 0.495 e. The standard InChI is InChI=1S/C21H21F3N4O3/c1-19(23)9-20(24)10-31-11-21(20,28-18(19)25)14-7-12(3-5-15(14)22)27-17(29)16-6-4-13(30-2)8-26-16/h3-8H,9-11H2,1-2H3,(H2,25,28)(H,27,29)/t19-,20?,21?/m0/s1/i2D3. The van der Waals surface area contributed by atoms with Crippen molar-refractivity contribution < 1.29 is 31.6 Å². The van der Waals surface area contributed by atoms with Crippen LogP contribution in [0.4, 0.5) is 18.9 Å². The second-order valence-corrected chi connectivity index (χ2v) is 7.82. The number of nitrogens with one attached hydrogen (secondary N) is 1. The molecule has 2 aromatic rings. The number of amides is 1. The SMILES string of the molecule is [2H]C([2H])([2H])Oc1ccc(C(=O)Nc2ccc(F)c(C34COCC3(F)C[C@](C)(F)C(N)=N4)c2)nc1. The fraction of sp³-hybridized carbons (Fsp3) is 0.381. The molecule has 31 heavy (non-hydrogen) atoms. The van der Waals surface area contributed by atoms with E-state index in [4.69, 9.17) is 19.3 Å². The Bertz CT molecular complexity index is 1160. The Morgan fingerprint density at radius 2 is 2.13 bits per heavy atom. The number of aliphatic imine (C=N–C) groups is 1. The highest BCUT2D eigenvalue weighted by Gasteiger charge is 2.65. The van der Waals surface area contributed by atoms with Crippen molar-refractivity contribution in [3.05, 3.63) is 53.6 Å². The van der Waals surface area contributed by atoms with Gasteiger partial charge >= 0.3 is 0 Å². The van der Waals surface area contributed by atoms with Gasteiger partial charge in [0, 0.05) is 17.7 Å². The topological polar surface area (TPSA) is 98.8 Å². The van der Waals surface area contributed by atoms with Crippen LogP contribution in [0.1, 0.15) is 33.5 Å². The average molecular weight is 437 g/mol. The minimum absolute atomic E-state index is 0.0622. The first-order valence-corrected chi connectivity index (χ1v) is 9.33. The number of alkyl halides is 2. The number of amidine groups is 1. The highest BCUT2D eigenvalue weighted by atomic mass is 19.2. The van der Waals surface area contributed by atoms with Crippen molar-refractivity contribution in [2.45, 2.75) is 30.2 Å². The van der Waals surface area contributed by atoms with Gasteiger partial charge in [0.15, 0.2) is 16.9 Å². The van der Waals surface area contributed by atoms with Gasteiger partial charge in [-0.05, 0) is 37.3 Å². The van der Waals surface area contributed by atoms with Crippen LogP contribution in [0.3, 0.4) is 0 Å². The monoisotopic (exact) mass is 437 g/mol. The van der Waals surface area contributed by atoms with Crippen LogP contribution in [0.25, 0.3) is 0 Å². The average Bonchev–Trinajstić information content (AvgIpc) is 3.04. The lowest BCUT2D eigenvalue weighted by atomic mass is 9.70. The van der Waals surface area contributed by atoms with E-state index in [2.05, 4.69) is 15.3 Å². The maximum atomic E-state index is 15.9. The number of benzene rings is 1. The van der Waals surface area contributed by atoms with Gasteiger partial charge in [-0.3, -0.25) is 9.79 Å². The molecule has 1 saturated heterocycles. The van der Waals surface area contributed by atoms with Gasteiger partial charge in [-0.1, -0.05) is 0 Å². The summed E-state index contributed by atoms with van der Waals surface area (Å²) in [6.07, 6.45) is 0.400. The van der Waals surface area contributed by atoms with Crippen LogP contribution in [0.15, 0.2) is 41.5 Å². The predicted molar refractivity (Wildman–Crippen MR) is 107 cm³/mol. The number of nitrogens with zero attached hydrogens (tertiary/aromatic N) is 2. The lowest BCUT2D eigenvalue weighted by Gasteiger charge is -2.43. The third kappa shape index (κ3) is 3.40. The zero-order valence-electron chi connectivity index (χ0n) is 19.4. The number of fused-ring (bicyclic) bond motifs is 1. The van der Waals surface area contributed by atoms with Crippen molar-refractivity contribution in [2.75, 3.05) is 25.6 Å². The number of methoxy groups -OCH3 is 1. The summed E-state index contributed by atoms with van der Waals surface area (Å²) in [5.74, 6) is -2.06. The van der Waals surface area contributed by atoms with Gasteiger partial charge in [0.05, 0.1) is 30.6 Å². The minimum Gasteiger partial charge on any atom is -0.495 e. The third-order valence-electron chi connectivity index (χ3n) is 5.60. The molecule has 1 aromatic carbocycles. The molecule has 10 heteroatoms. The number of anilines is 1. The summed E-state index contributed by atoms with van der Waals surface area (Å²) in [5.41, 5.74) is -0.977. The molecular weight excluding hydrogens is 413 g/mol. The van der Waals surface area contributed by atoms with E-state index in [1.807, 2.05) is 0 Å². The van der Waals surface area contributed by atoms with Gasteiger partial charge < -0.3 is 20.5 Å². The van der Waals surface area contributed by atoms with Gasteiger partial charge in [-0.15, -0.1) is 0 Å². The van der Waals surface area contributed by atoms with E-state index < -0.39 is 54.5 Å². The van der Waals surface area contributed by atoms with E-state index in [0.717, 1.165) is 19.2 Å². The molecule has 2 unspecified atom stereocenters. The van der Waals surface area contributed by atoms with Crippen LogP contribution in [-0.2, 0) is 10.3 Å². The van der Waals surface area contributed by atoms with Gasteiger partial charge in [-0.25, -0.2) is 18.2 Å². The first-order valence-electron chi connectivity index (χ1n) is 10.8. The van der Waals surface area contributed by atoms with Crippen molar-refractivity contribution in [3.63, 3.8) is 0 Å². The molecule has 3 heterocycles. The van der Waals surface area contributed by atoms with E-state index in [0.29, 0.717) is 0 Å². The lowest BCUT2D eigenvalue weighted by molar-refractivity contribution is 0.0234. The second-order valence-electron chi connectivity index (χ2n) is 7.82. The molecule has 4 rings (SSSR count). The zero-order chi connectivity index (χ0) is 24.9. The molecule has 1 fully saturated rings. The molecule has 2 aliphatic rings. The van der Waals surface area contributed by atoms with Crippen LogP contribution in [-0.4, -0.2) is 48.3 Å². The number of carbonyl (C=O) groups is 1. The number of ether oxygens (including phenoxy) is 2. The molecular formula is C21H21F3N4O3. The minimum atomic E-state index is -2.67. The third-order valence-corrected chi connectivity index (χ3v) is 5.60. The summed E-state index contributed by atoms with van der Waals surface area (Å²) in [6.45, 7) is 0.249. The van der Waals surface area contributed by atoms with Crippen molar-refractivity contribution in [2.24, 2.45) is 10.7 Å². The smallest absolute Gasteiger partial charge is 0.274 e. The van der Waals surface area contributed by atoms with Crippen LogP contribution >= 0.6 is 0 Å². The van der Waals surface area contributed by atoms with E-state index in [-0.39, 0.29) is 29.3 Å². The van der Waals surface area contributed by atoms with Gasteiger partial charge in [-0.2, -0.15) is 0 Å². The van der Waals surface area contributed by atoms with Crippen LogP contribution in [0, 0.1) is 5.82 Å². The molecule has 0 radical (unpaired) electrons. The summed E-state index contributed by atoms with van der Waals surface area (Å²) >= 11 is 0. The second kappa shape index (κ2) is 7.23. The number of carbonyl (C=O) groups excluding carboxylic acids is 1. The summed E-state index contributed by atoms with van der Waals surface area (Å²) in [4.78, 5) is 20.5. The summed E-state index contributed by atoms with van der Waals surface area (Å²) in [7, 11) is -2.67. The summed E-state index contributed by atoms with van der Waals surface area (Å²) in [6, 6.07) is 5.97. The van der Waals surface area contributed by atoms with E-state index in [1.54, 1.807) is 0 Å². The lowest BCUT2D eigenvalue weighted by Crippen LogP contribution is -2.58. The fourth-order valence-corrected chi connectivity index (χ4v) is 3.95. The Morgan fingerprint density at radius 3 is 2.84 bits per heavy atom. The Kier molecular flexibility index (Phi) is 4.09. The molecule has 0 aliphatic carbocycles. The van der Waals surface area contributed by atoms with Crippen LogP contribution in [0.5, 0.6) is 5.75 Å². The van der Waals surface area contributed by atoms with Crippen molar-refractivity contribution in [3.8, 4) is 5.75 Å². The van der Waals surface area contributed by atoms with E-state index >= 15 is 4.39 Å². The molecule has 0 bridgehead atoms. The number of pyridine rings is 1. The number of halogens is 3. The van der Waals surface area contributed by atoms with Gasteiger partial charge in [0.25, 0.3) is 5.91 Å². The first kappa shape index (κ1) is 17.5. The van der Waals surface area contributed by atoms with Crippen LogP contribution in [0.2, 0.25) is 0 Å². The highest BCUT2D eigenvalue weighted by Crippen LogP contribution is 2.53. The van der Waals surface area contributed by atoms with E-state index in [9.17, 15) is 13.6 Å². The maximum absolute atomic E-state index is 15.9. The van der Waals surface area contributed by atoms with E-state index in [1.165, 1.54) is 24.3 Å². The molecule has 2 aliphatic heterocycles. The molecule has 3 atom stereocenters. The van der Waals surface area contributed by atoms with Crippen molar-refractivity contribution in [1.29, 1.82) is 0 Å². The normalized spacial score (nSPS) is 31.6. The number of aromatic nitrogens is 1. The van der Waals surface area contributed by atoms with Gasteiger partial charge in [0.2, 0.25) is 0 Å². The van der Waals surface area contributed by atoms with Crippen molar-refractivity contribution in [1.82, 2.24) is 4.98 Å². The molecule has 3 N–H and O–H groups in total. The molecule has 0 saturated carbocycles. The molecule has 0 spiro atoms. The van der Waals surface area contributed by atoms with Crippen molar-refractivity contribution >= 4 is 17.4 Å². The predicted octanol–water partition coefficient (Wildman–Crippen LogP) is 2.90. The number of hydrogen-bond acceptors (Lipinski definition) is 6. The number of rotatable bonds is 4. The maximum Gasteiger partial charge on any atom is 0.274 e. The zero-order valence-corrected chi connectivity index (χ0v) is 16.4. The Labute approximate surface area is 180 Å². The summed E-state index contributed by atoms with van der Waals surface area (Å²) < 4.78 is 76.8. The Balaban J connectivity index is 1.63. The van der Waals surface area contributed by atoms with Gasteiger partial charge in [0.1, 0.15) is 23.1 Å². The molecule has 1 aromatic heterocycles. The van der Waals surface area contributed by atoms with Crippen LogP contribution < -0.4 is 15.8 Å². The molecule has 7 nitrogen and oxygen atoms in total. The quantitative estimate of drug-likeness (QED) is 0.767. The highest BCUT2D eigenvalue weighted by molar-refractivity contribution is 6.03.